The molecule has 0 saturated heterocycles. The molecule has 2 unspecified atom stereocenters. The molecule has 11 nitrogen and oxygen atoms in total. The van der Waals surface area contributed by atoms with E-state index in [1.54, 1.807) is 20.2 Å². The van der Waals surface area contributed by atoms with E-state index in [4.69, 9.17) is 14.3 Å². The molecule has 2 atom stereocenters. The minimum Gasteiger partial charge on any atom is -0.389 e. The molecule has 2 heterocycles. The van der Waals surface area contributed by atoms with Crippen molar-refractivity contribution in [3.8, 4) is 0 Å². The molecule has 11 heteroatoms. The number of anilines is 1. The number of aryl methyl sites for hydroxylation is 1. The van der Waals surface area contributed by atoms with Crippen molar-refractivity contribution < 1.29 is 19.1 Å². The van der Waals surface area contributed by atoms with Crippen LogP contribution in [-0.2, 0) is 32.8 Å². The molecule has 0 aliphatic heterocycles. The topological polar surface area (TPSA) is 126 Å². The maximum absolute atomic E-state index is 12.7. The van der Waals surface area contributed by atoms with Gasteiger partial charge >= 0.3 is 0 Å². The molecular weight excluding hydrogens is 474 g/mol. The van der Waals surface area contributed by atoms with Crippen molar-refractivity contribution in [1.82, 2.24) is 25.2 Å². The van der Waals surface area contributed by atoms with Gasteiger partial charge in [0, 0.05) is 32.7 Å². The normalized spacial score (nSPS) is 13.2. The Balaban J connectivity index is 1.61. The Hall–Kier alpha value is -3.70. The predicted molar refractivity (Wildman–Crippen MR) is 139 cm³/mol. The number of hydrogen-bond donors (Lipinski definition) is 1. The zero-order valence-electron chi connectivity index (χ0n) is 21.8. The second-order valence-corrected chi connectivity index (χ2v) is 8.51. The minimum absolute atomic E-state index is 0.0231. The van der Waals surface area contributed by atoms with E-state index >= 15 is 0 Å². The first-order valence-electron chi connectivity index (χ1n) is 12.4. The Bertz CT molecular complexity index is 1130. The summed E-state index contributed by atoms with van der Waals surface area (Å²) in [6, 6.07) is 14.9. The molecule has 0 bridgehead atoms. The van der Waals surface area contributed by atoms with Crippen LogP contribution in [0.25, 0.3) is 0 Å². The summed E-state index contributed by atoms with van der Waals surface area (Å²) < 4.78 is 12.5. The van der Waals surface area contributed by atoms with Crippen LogP contribution in [0.4, 0.5) is 5.82 Å². The van der Waals surface area contributed by atoms with E-state index in [-0.39, 0.29) is 24.5 Å². The molecule has 1 N–H and O–H groups in total. The second kappa shape index (κ2) is 14.8. The molecular formula is C26H35N7O4. The van der Waals surface area contributed by atoms with Gasteiger partial charge < -0.3 is 19.6 Å². The Kier molecular flexibility index (Phi) is 11.1. The minimum atomic E-state index is -0.0933. The number of rotatable bonds is 15. The molecule has 0 aliphatic rings. The number of benzene rings is 1. The number of methoxy groups -OCH3 is 1. The van der Waals surface area contributed by atoms with Gasteiger partial charge in [-0.15, -0.1) is 5.10 Å². The molecule has 0 fully saturated rings. The highest BCUT2D eigenvalue weighted by Gasteiger charge is 2.19. The fourth-order valence-electron chi connectivity index (χ4n) is 3.87. The van der Waals surface area contributed by atoms with Crippen LogP contribution in [0.3, 0.4) is 0 Å². The van der Waals surface area contributed by atoms with Gasteiger partial charge in [-0.05, 0) is 41.8 Å². The van der Waals surface area contributed by atoms with E-state index in [0.717, 1.165) is 18.4 Å². The molecule has 0 aliphatic carbocycles. The van der Waals surface area contributed by atoms with E-state index in [2.05, 4.69) is 37.9 Å². The highest BCUT2D eigenvalue weighted by atomic mass is 16.6. The number of carbonyl (C=O) groups excluding carboxylic acids is 1. The quantitative estimate of drug-likeness (QED) is 0.244. The molecule has 0 radical (unpaired) electrons. The van der Waals surface area contributed by atoms with Crippen LogP contribution in [0, 0.1) is 5.92 Å². The number of amides is 1. The van der Waals surface area contributed by atoms with Gasteiger partial charge in [0.15, 0.2) is 12.3 Å². The summed E-state index contributed by atoms with van der Waals surface area (Å²) in [5, 5.41) is 18.8. The third-order valence-corrected chi connectivity index (χ3v) is 5.72. The molecule has 0 saturated carbocycles. The van der Waals surface area contributed by atoms with Crippen LogP contribution < -0.4 is 5.32 Å². The third-order valence-electron chi connectivity index (χ3n) is 5.72. The monoisotopic (exact) mass is 509 g/mol. The van der Waals surface area contributed by atoms with Crippen LogP contribution in [0.5, 0.6) is 0 Å². The SMILES string of the molecule is CCOC(COC)CC(CC)CC(=O)Nc1cccc(CO/N=C(/c2ccccc2)c2nnnn2C)n1. The first-order valence-corrected chi connectivity index (χ1v) is 12.4. The maximum Gasteiger partial charge on any atom is 0.225 e. The van der Waals surface area contributed by atoms with Crippen molar-refractivity contribution in [2.75, 3.05) is 25.6 Å². The molecule has 2 aromatic heterocycles. The highest BCUT2D eigenvalue weighted by molar-refractivity contribution is 6.10. The van der Waals surface area contributed by atoms with Crippen molar-refractivity contribution in [1.29, 1.82) is 0 Å². The number of carbonyl (C=O) groups is 1. The Morgan fingerprint density at radius 1 is 1.14 bits per heavy atom. The lowest BCUT2D eigenvalue weighted by atomic mass is 9.95. The molecule has 3 aromatic rings. The van der Waals surface area contributed by atoms with Crippen molar-refractivity contribution in [2.45, 2.75) is 45.8 Å². The number of nitrogens with one attached hydrogen (secondary N) is 1. The van der Waals surface area contributed by atoms with Crippen molar-refractivity contribution in [2.24, 2.45) is 18.1 Å². The smallest absolute Gasteiger partial charge is 0.225 e. The lowest BCUT2D eigenvalue weighted by Gasteiger charge is -2.22. The summed E-state index contributed by atoms with van der Waals surface area (Å²) in [4.78, 5) is 22.8. The van der Waals surface area contributed by atoms with Crippen LogP contribution >= 0.6 is 0 Å². The zero-order chi connectivity index (χ0) is 26.5. The van der Waals surface area contributed by atoms with Gasteiger partial charge in [-0.3, -0.25) is 4.79 Å². The van der Waals surface area contributed by atoms with E-state index in [1.165, 1.54) is 4.68 Å². The van der Waals surface area contributed by atoms with Crippen molar-refractivity contribution in [3.05, 3.63) is 65.6 Å². The van der Waals surface area contributed by atoms with E-state index in [1.807, 2.05) is 49.4 Å². The lowest BCUT2D eigenvalue weighted by molar-refractivity contribution is -0.117. The molecule has 37 heavy (non-hydrogen) atoms. The van der Waals surface area contributed by atoms with Gasteiger partial charge in [-0.2, -0.15) is 0 Å². The highest BCUT2D eigenvalue weighted by Crippen LogP contribution is 2.19. The van der Waals surface area contributed by atoms with Crippen molar-refractivity contribution >= 4 is 17.4 Å². The fourth-order valence-corrected chi connectivity index (χ4v) is 3.87. The Morgan fingerprint density at radius 3 is 2.62 bits per heavy atom. The van der Waals surface area contributed by atoms with Gasteiger partial charge in [-0.25, -0.2) is 9.67 Å². The number of oxime groups is 1. The lowest BCUT2D eigenvalue weighted by Crippen LogP contribution is -2.25. The fraction of sp³-hybridized carbons (Fsp3) is 0.462. The second-order valence-electron chi connectivity index (χ2n) is 8.51. The third kappa shape index (κ3) is 8.72. The van der Waals surface area contributed by atoms with Crippen LogP contribution in [-0.4, -0.2) is 63.2 Å². The zero-order valence-corrected chi connectivity index (χ0v) is 21.8. The molecule has 1 aromatic carbocycles. The molecule has 0 spiro atoms. The summed E-state index contributed by atoms with van der Waals surface area (Å²) in [7, 11) is 3.39. The molecule has 198 valence electrons. The number of tetrazole rings is 1. The van der Waals surface area contributed by atoms with Crippen LogP contribution in [0.1, 0.15) is 50.2 Å². The number of ether oxygens (including phenoxy) is 2. The first kappa shape index (κ1) is 27.9. The molecule has 1 amide bonds. The van der Waals surface area contributed by atoms with E-state index < -0.39 is 0 Å². The average Bonchev–Trinajstić information content (AvgIpc) is 3.32. The van der Waals surface area contributed by atoms with Crippen molar-refractivity contribution in [3.63, 3.8) is 0 Å². The maximum atomic E-state index is 12.7. The first-order chi connectivity index (χ1) is 18.0. The average molecular weight is 510 g/mol. The number of hydrogen-bond acceptors (Lipinski definition) is 9. The summed E-state index contributed by atoms with van der Waals surface area (Å²) in [5.74, 6) is 1.02. The van der Waals surface area contributed by atoms with E-state index in [0.29, 0.717) is 42.7 Å². The number of aromatic nitrogens is 5. The molecule has 3 rings (SSSR count). The summed E-state index contributed by atoms with van der Waals surface area (Å²) in [6.45, 7) is 5.26. The largest absolute Gasteiger partial charge is 0.389 e. The number of nitrogens with zero attached hydrogens (tertiary/aromatic N) is 6. The number of pyridine rings is 1. The van der Waals surface area contributed by atoms with Crippen LogP contribution in [0.15, 0.2) is 53.7 Å². The van der Waals surface area contributed by atoms with Gasteiger partial charge in [0.05, 0.1) is 18.4 Å². The van der Waals surface area contributed by atoms with E-state index in [9.17, 15) is 4.79 Å². The van der Waals surface area contributed by atoms with Crippen LogP contribution in [0.2, 0.25) is 0 Å². The van der Waals surface area contributed by atoms with Gasteiger partial charge in [0.25, 0.3) is 0 Å². The predicted octanol–water partition coefficient (Wildman–Crippen LogP) is 3.37. The standard InChI is InChI=1S/C26H35N7O4/c1-5-19(15-22(18-35-4)36-6-2)16-24(34)28-23-14-10-13-21(27-23)17-37-30-25(20-11-8-7-9-12-20)26-29-31-32-33(26)3/h7-14,19,22H,5-6,15-18H2,1-4H3,(H,27,28,34)/b30-25-. The summed E-state index contributed by atoms with van der Waals surface area (Å²) >= 11 is 0. The van der Waals surface area contributed by atoms with Gasteiger partial charge in [0.2, 0.25) is 11.7 Å². The van der Waals surface area contributed by atoms with Gasteiger partial charge in [0.1, 0.15) is 5.82 Å². The summed E-state index contributed by atoms with van der Waals surface area (Å²) in [5.41, 5.74) is 1.94. The Morgan fingerprint density at radius 2 is 1.95 bits per heavy atom. The Labute approximate surface area is 217 Å². The van der Waals surface area contributed by atoms with Gasteiger partial charge in [-0.1, -0.05) is 54.9 Å². The summed E-state index contributed by atoms with van der Waals surface area (Å²) in [6.07, 6.45) is 1.98.